The molecule has 11 heteroatoms. The first-order chi connectivity index (χ1) is 12.0. The van der Waals surface area contributed by atoms with Gasteiger partial charge in [0.1, 0.15) is 11.9 Å². The molecule has 1 aromatic heterocycles. The van der Waals surface area contributed by atoms with Crippen LogP contribution in [0, 0.1) is 0 Å². The fourth-order valence-corrected chi connectivity index (χ4v) is 2.58. The van der Waals surface area contributed by atoms with Gasteiger partial charge in [0.2, 0.25) is 5.72 Å². The second kappa shape index (κ2) is 8.26. The minimum Gasteiger partial charge on any atom is -0.393 e. The van der Waals surface area contributed by atoms with Gasteiger partial charge in [0.05, 0.1) is 6.61 Å². The first-order valence-corrected chi connectivity index (χ1v) is 7.99. The number of alkyl halides is 1. The molecule has 0 amide bonds. The lowest BCUT2D eigenvalue weighted by Gasteiger charge is -2.23. The van der Waals surface area contributed by atoms with Gasteiger partial charge in [-0.25, -0.2) is 9.18 Å². The van der Waals surface area contributed by atoms with Crippen LogP contribution in [0.1, 0.15) is 32.4 Å². The lowest BCUT2D eigenvalue weighted by atomic mass is 10.1. The number of aromatic nitrogens is 2. The molecular formula is C14H21FN6O4. The predicted octanol–water partition coefficient (Wildman–Crippen LogP) is 1.07. The molecule has 0 spiro atoms. The van der Waals surface area contributed by atoms with Gasteiger partial charge in [-0.3, -0.25) is 4.57 Å². The van der Waals surface area contributed by atoms with Gasteiger partial charge < -0.3 is 20.3 Å². The summed E-state index contributed by atoms with van der Waals surface area (Å²) in [6, 6.07) is 1.47. The average molecular weight is 356 g/mol. The van der Waals surface area contributed by atoms with Crippen molar-refractivity contribution in [3.8, 4) is 0 Å². The maximum atomic E-state index is 14.4. The number of hydrogen-bond donors (Lipinski definition) is 3. The van der Waals surface area contributed by atoms with Gasteiger partial charge in [-0.15, -0.1) is 0 Å². The third-order valence-corrected chi connectivity index (χ3v) is 3.99. The maximum Gasteiger partial charge on any atom is 0.351 e. The summed E-state index contributed by atoms with van der Waals surface area (Å²) in [5.74, 6) is 0.342. The lowest BCUT2D eigenvalue weighted by Crippen LogP contribution is -2.43. The smallest absolute Gasteiger partial charge is 0.351 e. The fraction of sp³-hybridized carbons (Fsp3) is 0.714. The van der Waals surface area contributed by atoms with Gasteiger partial charge in [0, 0.05) is 17.7 Å². The second-order valence-electron chi connectivity index (χ2n) is 5.73. The highest BCUT2D eigenvalue weighted by Gasteiger charge is 2.56. The molecule has 1 aliphatic rings. The van der Waals surface area contributed by atoms with E-state index in [9.17, 15) is 19.4 Å². The van der Waals surface area contributed by atoms with Crippen molar-refractivity contribution in [2.45, 2.75) is 50.4 Å². The lowest BCUT2D eigenvalue weighted by molar-refractivity contribution is -0.124. The van der Waals surface area contributed by atoms with E-state index in [0.717, 1.165) is 23.8 Å². The predicted molar refractivity (Wildman–Crippen MR) is 86.5 cm³/mol. The molecule has 0 unspecified atom stereocenters. The molecule has 2 heterocycles. The number of aliphatic hydroxyl groups is 2. The van der Waals surface area contributed by atoms with Crippen LogP contribution in [0.3, 0.4) is 0 Å². The zero-order valence-electron chi connectivity index (χ0n) is 13.7. The van der Waals surface area contributed by atoms with Gasteiger partial charge in [0.15, 0.2) is 12.4 Å². The van der Waals surface area contributed by atoms with Crippen LogP contribution in [0.5, 0.6) is 0 Å². The van der Waals surface area contributed by atoms with E-state index in [2.05, 4.69) is 27.3 Å². The van der Waals surface area contributed by atoms with Gasteiger partial charge in [0.25, 0.3) is 0 Å². The van der Waals surface area contributed by atoms with Gasteiger partial charge in [-0.2, -0.15) is 4.98 Å². The summed E-state index contributed by atoms with van der Waals surface area (Å²) in [6.45, 7) is 1.79. The number of anilines is 1. The minimum absolute atomic E-state index is 0.342. The summed E-state index contributed by atoms with van der Waals surface area (Å²) >= 11 is 0. The van der Waals surface area contributed by atoms with E-state index in [1.54, 1.807) is 0 Å². The third kappa shape index (κ3) is 3.90. The van der Waals surface area contributed by atoms with Crippen LogP contribution in [-0.2, 0) is 4.74 Å². The number of nitrogens with one attached hydrogen (secondary N) is 1. The molecule has 1 aliphatic heterocycles. The van der Waals surface area contributed by atoms with E-state index in [0.29, 0.717) is 12.4 Å². The van der Waals surface area contributed by atoms with Crippen LogP contribution in [0.15, 0.2) is 22.2 Å². The van der Waals surface area contributed by atoms with Crippen LogP contribution in [0.4, 0.5) is 10.2 Å². The monoisotopic (exact) mass is 356 g/mol. The SMILES string of the molecule is CCCCCNc1ccn([C@@H]2O[C@@](CO)(N=[N+]=[N-])[C@@H](O)[C@@H]2F)c(=O)n1. The molecule has 4 atom stereocenters. The molecule has 138 valence electrons. The number of rotatable bonds is 8. The van der Waals surface area contributed by atoms with E-state index >= 15 is 0 Å². The highest BCUT2D eigenvalue weighted by atomic mass is 19.1. The van der Waals surface area contributed by atoms with Crippen molar-refractivity contribution in [3.63, 3.8) is 0 Å². The molecule has 1 saturated heterocycles. The number of unbranched alkanes of at least 4 members (excludes halogenated alkanes) is 2. The topological polar surface area (TPSA) is 145 Å². The number of nitrogens with zero attached hydrogens (tertiary/aromatic N) is 5. The first-order valence-electron chi connectivity index (χ1n) is 7.99. The molecule has 0 bridgehead atoms. The van der Waals surface area contributed by atoms with E-state index in [4.69, 9.17) is 10.3 Å². The van der Waals surface area contributed by atoms with Crippen LogP contribution >= 0.6 is 0 Å². The third-order valence-electron chi connectivity index (χ3n) is 3.99. The standard InChI is InChI=1S/C14H21FN6O4/c1-2-3-4-6-17-9-5-7-21(13(24)18-9)12-10(15)11(23)14(8-22,25-12)19-20-16/h5,7,10-12,22-23H,2-4,6,8H2,1H3,(H,17,18,24)/t10-,11-,12+,14+/m0/s1. The Hall–Kier alpha value is -2.20. The number of halogens is 1. The molecule has 0 aliphatic carbocycles. The number of aliphatic hydroxyl groups excluding tert-OH is 2. The maximum absolute atomic E-state index is 14.4. The second-order valence-corrected chi connectivity index (χ2v) is 5.73. The van der Waals surface area contributed by atoms with Crippen LogP contribution < -0.4 is 11.0 Å². The Morgan fingerprint density at radius 3 is 2.96 bits per heavy atom. The molecule has 0 aromatic carbocycles. The Bertz CT molecular complexity index is 694. The van der Waals surface area contributed by atoms with Crippen molar-refractivity contribution in [3.05, 3.63) is 33.2 Å². The summed E-state index contributed by atoms with van der Waals surface area (Å²) < 4.78 is 20.4. The summed E-state index contributed by atoms with van der Waals surface area (Å²) in [6.07, 6.45) is -1.26. The average Bonchev–Trinajstić information content (AvgIpc) is 2.85. The van der Waals surface area contributed by atoms with Crippen molar-refractivity contribution in [2.75, 3.05) is 18.5 Å². The summed E-state index contributed by atoms with van der Waals surface area (Å²) in [4.78, 5) is 18.4. The van der Waals surface area contributed by atoms with Crippen LogP contribution in [-0.4, -0.2) is 50.9 Å². The Balaban J connectivity index is 2.18. The summed E-state index contributed by atoms with van der Waals surface area (Å²) in [5, 5.41) is 25.4. The molecule has 0 saturated carbocycles. The quantitative estimate of drug-likeness (QED) is 0.275. The Morgan fingerprint density at radius 1 is 1.60 bits per heavy atom. The number of azide groups is 1. The normalized spacial score (nSPS) is 28.6. The van der Waals surface area contributed by atoms with E-state index in [1.165, 1.54) is 12.3 Å². The number of hydrogen-bond acceptors (Lipinski definition) is 7. The van der Waals surface area contributed by atoms with Crippen molar-refractivity contribution in [1.82, 2.24) is 9.55 Å². The molecule has 10 nitrogen and oxygen atoms in total. The van der Waals surface area contributed by atoms with Crippen molar-refractivity contribution in [2.24, 2.45) is 5.11 Å². The fourth-order valence-electron chi connectivity index (χ4n) is 2.58. The van der Waals surface area contributed by atoms with Crippen LogP contribution in [0.25, 0.3) is 10.4 Å². The Kier molecular flexibility index (Phi) is 6.32. The van der Waals surface area contributed by atoms with E-state index in [1.807, 2.05) is 0 Å². The molecule has 2 rings (SSSR count). The minimum atomic E-state index is -2.19. The van der Waals surface area contributed by atoms with Gasteiger partial charge >= 0.3 is 5.69 Å². The zero-order valence-corrected chi connectivity index (χ0v) is 13.7. The molecular weight excluding hydrogens is 335 g/mol. The number of ether oxygens (including phenoxy) is 1. The summed E-state index contributed by atoms with van der Waals surface area (Å²) in [7, 11) is 0. The highest BCUT2D eigenvalue weighted by Crippen LogP contribution is 2.39. The van der Waals surface area contributed by atoms with E-state index in [-0.39, 0.29) is 0 Å². The largest absolute Gasteiger partial charge is 0.393 e. The molecule has 0 radical (unpaired) electrons. The molecule has 1 aromatic rings. The summed E-state index contributed by atoms with van der Waals surface area (Å²) in [5.41, 5.74) is 5.56. The molecule has 25 heavy (non-hydrogen) atoms. The molecule has 1 fully saturated rings. The van der Waals surface area contributed by atoms with Crippen LogP contribution in [0.2, 0.25) is 0 Å². The first kappa shape index (κ1) is 19.1. The van der Waals surface area contributed by atoms with Gasteiger partial charge in [-0.05, 0) is 18.0 Å². The molecule has 3 N–H and O–H groups in total. The van der Waals surface area contributed by atoms with Crippen molar-refractivity contribution in [1.29, 1.82) is 0 Å². The van der Waals surface area contributed by atoms with Gasteiger partial charge in [-0.1, -0.05) is 24.9 Å². The Morgan fingerprint density at radius 2 is 2.36 bits per heavy atom. The zero-order chi connectivity index (χ0) is 18.4. The van der Waals surface area contributed by atoms with Crippen molar-refractivity contribution < 1.29 is 19.3 Å². The highest BCUT2D eigenvalue weighted by molar-refractivity contribution is 5.31. The van der Waals surface area contributed by atoms with Crippen molar-refractivity contribution >= 4 is 5.82 Å². The Labute approximate surface area is 142 Å². The van der Waals surface area contributed by atoms with E-state index < -0.39 is 36.5 Å².